The molecule has 3 aromatic carbocycles. The molecule has 0 amide bonds. The standard InChI is InChI=1S/C23H17Cl2N3O3/c1-13-5-7-14(8-6-13)20-12-21-18-10-16(24)11-19(25)22(18)31-23(27(21)26-20)15-3-2-4-17(9-15)28(29)30/h2-11,21,23H,12H2,1H3/t21-,23-/m0/s1. The molecule has 3 aromatic rings. The van der Waals surface area contributed by atoms with Crippen molar-refractivity contribution < 1.29 is 9.66 Å². The summed E-state index contributed by atoms with van der Waals surface area (Å²) in [4.78, 5) is 10.9. The molecule has 0 fully saturated rings. The van der Waals surface area contributed by atoms with Crippen LogP contribution < -0.4 is 4.74 Å². The Bertz CT molecular complexity index is 1230. The summed E-state index contributed by atoms with van der Waals surface area (Å²) >= 11 is 12.8. The molecule has 0 bridgehead atoms. The SMILES string of the molecule is Cc1ccc(C2=NN3[C@@H](C2)c2cc(Cl)cc(Cl)c2O[C@H]3c2cccc([N+](=O)[O-])c2)cc1. The molecular weight excluding hydrogens is 437 g/mol. The third kappa shape index (κ3) is 3.52. The molecular formula is C23H17Cl2N3O3. The highest BCUT2D eigenvalue weighted by atomic mass is 35.5. The van der Waals surface area contributed by atoms with Crippen LogP contribution in [0.1, 0.15) is 40.9 Å². The Hall–Kier alpha value is -3.09. The van der Waals surface area contributed by atoms with Crippen LogP contribution in [0, 0.1) is 17.0 Å². The summed E-state index contributed by atoms with van der Waals surface area (Å²) in [5, 5.41) is 18.9. The van der Waals surface area contributed by atoms with E-state index in [4.69, 9.17) is 33.0 Å². The maximum Gasteiger partial charge on any atom is 0.269 e. The third-order valence-electron chi connectivity index (χ3n) is 5.56. The first-order valence-corrected chi connectivity index (χ1v) is 10.5. The minimum absolute atomic E-state index is 0.00687. The first-order valence-electron chi connectivity index (χ1n) is 9.73. The van der Waals surface area contributed by atoms with Crippen LogP contribution in [-0.4, -0.2) is 15.6 Å². The van der Waals surface area contributed by atoms with Gasteiger partial charge in [0.1, 0.15) is 5.75 Å². The number of ether oxygens (including phenoxy) is 1. The number of nitro benzene ring substituents is 1. The lowest BCUT2D eigenvalue weighted by Crippen LogP contribution is -2.33. The number of nitrogens with zero attached hydrogens (tertiary/aromatic N) is 3. The number of aryl methyl sites for hydroxylation is 1. The summed E-state index contributed by atoms with van der Waals surface area (Å²) in [5.41, 5.74) is 4.57. The fraction of sp³-hybridized carbons (Fsp3) is 0.174. The Morgan fingerprint density at radius 1 is 1.13 bits per heavy atom. The summed E-state index contributed by atoms with van der Waals surface area (Å²) < 4.78 is 6.26. The molecule has 0 aromatic heterocycles. The zero-order valence-corrected chi connectivity index (χ0v) is 18.0. The molecule has 5 rings (SSSR count). The van der Waals surface area contributed by atoms with E-state index in [1.165, 1.54) is 17.7 Å². The van der Waals surface area contributed by atoms with E-state index in [0.717, 1.165) is 16.8 Å². The van der Waals surface area contributed by atoms with Crippen LogP contribution in [0.3, 0.4) is 0 Å². The zero-order chi connectivity index (χ0) is 21.7. The van der Waals surface area contributed by atoms with Crippen molar-refractivity contribution in [3.8, 4) is 5.75 Å². The normalized spacial score (nSPS) is 19.3. The van der Waals surface area contributed by atoms with Gasteiger partial charge in [-0.25, -0.2) is 5.01 Å². The molecule has 0 saturated heterocycles. The van der Waals surface area contributed by atoms with E-state index in [1.807, 2.05) is 42.3 Å². The second kappa shape index (κ2) is 7.55. The van der Waals surface area contributed by atoms with Gasteiger partial charge in [0.25, 0.3) is 5.69 Å². The predicted octanol–water partition coefficient (Wildman–Crippen LogP) is 6.45. The molecule has 0 saturated carbocycles. The Labute approximate surface area is 188 Å². The first-order chi connectivity index (χ1) is 14.9. The maximum atomic E-state index is 11.3. The summed E-state index contributed by atoms with van der Waals surface area (Å²) in [6.45, 7) is 2.04. The van der Waals surface area contributed by atoms with Crippen LogP contribution in [-0.2, 0) is 0 Å². The molecule has 2 atom stereocenters. The van der Waals surface area contributed by atoms with Gasteiger partial charge in [-0.15, -0.1) is 0 Å². The molecule has 156 valence electrons. The number of hydrazone groups is 1. The molecule has 0 unspecified atom stereocenters. The number of rotatable bonds is 3. The van der Waals surface area contributed by atoms with E-state index in [2.05, 4.69) is 0 Å². The second-order valence-electron chi connectivity index (χ2n) is 7.64. The van der Waals surface area contributed by atoms with Gasteiger partial charge in [-0.2, -0.15) is 5.10 Å². The van der Waals surface area contributed by atoms with Crippen LogP contribution in [0.4, 0.5) is 5.69 Å². The van der Waals surface area contributed by atoms with Gasteiger partial charge in [0, 0.05) is 34.7 Å². The molecule has 0 radical (unpaired) electrons. The zero-order valence-electron chi connectivity index (χ0n) is 16.5. The predicted molar refractivity (Wildman–Crippen MR) is 120 cm³/mol. The third-order valence-corrected chi connectivity index (χ3v) is 6.06. The number of fused-ring (bicyclic) bond motifs is 3. The number of benzene rings is 3. The van der Waals surface area contributed by atoms with Crippen molar-refractivity contribution in [2.75, 3.05) is 0 Å². The monoisotopic (exact) mass is 453 g/mol. The number of hydrogen-bond acceptors (Lipinski definition) is 5. The van der Waals surface area contributed by atoms with Crippen molar-refractivity contribution in [3.05, 3.63) is 103 Å². The van der Waals surface area contributed by atoms with Gasteiger partial charge in [-0.1, -0.05) is 65.2 Å². The number of non-ortho nitro benzene ring substituents is 1. The molecule has 31 heavy (non-hydrogen) atoms. The molecule has 2 aliphatic rings. The maximum absolute atomic E-state index is 11.3. The van der Waals surface area contributed by atoms with Crippen LogP contribution in [0.15, 0.2) is 65.8 Å². The summed E-state index contributed by atoms with van der Waals surface area (Å²) in [5.74, 6) is 0.532. The smallest absolute Gasteiger partial charge is 0.269 e. The van der Waals surface area contributed by atoms with E-state index in [9.17, 15) is 10.1 Å². The largest absolute Gasteiger partial charge is 0.463 e. The lowest BCUT2D eigenvalue weighted by atomic mass is 9.95. The van der Waals surface area contributed by atoms with Gasteiger partial charge in [0.05, 0.1) is 21.7 Å². The van der Waals surface area contributed by atoms with Crippen LogP contribution in [0.2, 0.25) is 10.0 Å². The molecule has 6 nitrogen and oxygen atoms in total. The van der Waals surface area contributed by atoms with E-state index in [1.54, 1.807) is 18.2 Å². The molecule has 8 heteroatoms. The van der Waals surface area contributed by atoms with E-state index in [-0.39, 0.29) is 11.7 Å². The van der Waals surface area contributed by atoms with E-state index < -0.39 is 11.2 Å². The lowest BCUT2D eigenvalue weighted by molar-refractivity contribution is -0.385. The summed E-state index contributed by atoms with van der Waals surface area (Å²) in [6, 6.07) is 17.9. The van der Waals surface area contributed by atoms with Gasteiger partial charge in [0.15, 0.2) is 0 Å². The van der Waals surface area contributed by atoms with E-state index in [0.29, 0.717) is 27.8 Å². The topological polar surface area (TPSA) is 68.0 Å². The number of hydrogen-bond donors (Lipinski definition) is 0. The van der Waals surface area contributed by atoms with Gasteiger partial charge in [0.2, 0.25) is 6.23 Å². The fourth-order valence-electron chi connectivity index (χ4n) is 4.05. The van der Waals surface area contributed by atoms with Crippen LogP contribution >= 0.6 is 23.2 Å². The molecule has 0 aliphatic carbocycles. The quantitative estimate of drug-likeness (QED) is 0.337. The van der Waals surface area contributed by atoms with Crippen molar-refractivity contribution in [1.29, 1.82) is 0 Å². The van der Waals surface area contributed by atoms with Crippen molar-refractivity contribution >= 4 is 34.6 Å². The van der Waals surface area contributed by atoms with Crippen molar-refractivity contribution in [2.45, 2.75) is 25.6 Å². The first kappa shape index (κ1) is 19.8. The highest BCUT2D eigenvalue weighted by Gasteiger charge is 2.42. The van der Waals surface area contributed by atoms with Crippen molar-refractivity contribution in [3.63, 3.8) is 0 Å². The minimum Gasteiger partial charge on any atom is -0.463 e. The highest BCUT2D eigenvalue weighted by Crippen LogP contribution is 2.51. The Morgan fingerprint density at radius 3 is 2.65 bits per heavy atom. The second-order valence-corrected chi connectivity index (χ2v) is 8.48. The lowest BCUT2D eigenvalue weighted by Gasteiger charge is -2.38. The summed E-state index contributed by atoms with van der Waals surface area (Å²) in [7, 11) is 0. The summed E-state index contributed by atoms with van der Waals surface area (Å²) in [6.07, 6.45) is -0.0133. The highest BCUT2D eigenvalue weighted by molar-refractivity contribution is 6.35. The van der Waals surface area contributed by atoms with Gasteiger partial charge >= 0.3 is 0 Å². The molecule has 2 heterocycles. The Kier molecular flexibility index (Phi) is 4.84. The van der Waals surface area contributed by atoms with Crippen molar-refractivity contribution in [1.82, 2.24) is 5.01 Å². The van der Waals surface area contributed by atoms with Gasteiger partial charge < -0.3 is 4.74 Å². The van der Waals surface area contributed by atoms with Gasteiger partial charge in [-0.05, 0) is 24.6 Å². The number of nitro groups is 1. The molecule has 2 aliphatic heterocycles. The number of halogens is 2. The van der Waals surface area contributed by atoms with E-state index >= 15 is 0 Å². The average Bonchev–Trinajstić information content (AvgIpc) is 3.19. The molecule has 0 N–H and O–H groups in total. The van der Waals surface area contributed by atoms with Crippen molar-refractivity contribution in [2.24, 2.45) is 5.10 Å². The van der Waals surface area contributed by atoms with Crippen LogP contribution in [0.25, 0.3) is 0 Å². The molecule has 0 spiro atoms. The van der Waals surface area contributed by atoms with Crippen LogP contribution in [0.5, 0.6) is 5.75 Å². The Balaban J connectivity index is 1.63. The fourth-order valence-corrected chi connectivity index (χ4v) is 4.60. The Morgan fingerprint density at radius 2 is 1.90 bits per heavy atom. The van der Waals surface area contributed by atoms with Gasteiger partial charge in [-0.3, -0.25) is 10.1 Å². The average molecular weight is 454 g/mol. The minimum atomic E-state index is -0.654.